The van der Waals surface area contributed by atoms with Crippen molar-refractivity contribution in [1.82, 2.24) is 10.2 Å². The smallest absolute Gasteiger partial charge is 0.508 e. The van der Waals surface area contributed by atoms with Gasteiger partial charge in [0.05, 0.1) is 23.7 Å². The van der Waals surface area contributed by atoms with Crippen LogP contribution in [0.3, 0.4) is 0 Å². The van der Waals surface area contributed by atoms with Gasteiger partial charge in [-0.3, -0.25) is 19.3 Å². The quantitative estimate of drug-likeness (QED) is 0.556. The highest BCUT2D eigenvalue weighted by Gasteiger charge is 2.37. The predicted molar refractivity (Wildman–Crippen MR) is 122 cm³/mol. The van der Waals surface area contributed by atoms with Gasteiger partial charge in [-0.25, -0.2) is 0 Å². The maximum atomic E-state index is 12.6. The van der Waals surface area contributed by atoms with E-state index in [0.29, 0.717) is 24.6 Å². The van der Waals surface area contributed by atoms with Gasteiger partial charge in [0.2, 0.25) is 0 Å². The van der Waals surface area contributed by atoms with Gasteiger partial charge in [0.15, 0.2) is 5.78 Å². The van der Waals surface area contributed by atoms with Crippen LogP contribution in [0.4, 0.5) is 0 Å². The summed E-state index contributed by atoms with van der Waals surface area (Å²) >= 11 is 12.0. The van der Waals surface area contributed by atoms with Crippen LogP contribution in [0.1, 0.15) is 44.0 Å². The summed E-state index contributed by atoms with van der Waals surface area (Å²) in [5, 5.41) is 3.22. The number of carbonyl (C=O) groups is 3. The molecular weight excluding hydrogens is 442 g/mol. The third-order valence-electron chi connectivity index (χ3n) is 5.01. The third kappa shape index (κ3) is 8.45. The fourth-order valence-electron chi connectivity index (χ4n) is 3.47. The number of nitrogens with one attached hydrogen (secondary N) is 1. The van der Waals surface area contributed by atoms with E-state index >= 15 is 0 Å². The average Bonchev–Trinajstić information content (AvgIpc) is 2.69. The Labute approximate surface area is 193 Å². The van der Waals surface area contributed by atoms with Crippen LogP contribution in [0.25, 0.3) is 0 Å². The molecule has 0 saturated carbocycles. The minimum Gasteiger partial charge on any atom is -0.508 e. The molecule has 0 aromatic heterocycles. The molecule has 1 aromatic carbocycles. The first-order chi connectivity index (χ1) is 14.7. The molecule has 0 bridgehead atoms. The first-order valence-corrected chi connectivity index (χ1v) is 11.2. The van der Waals surface area contributed by atoms with E-state index in [2.05, 4.69) is 5.32 Å². The van der Waals surface area contributed by atoms with Crippen LogP contribution in [-0.2, 0) is 18.9 Å². The number of Topliss-reactive ketones (excluding diaryl/α,β-unsaturated/α-hetero) is 1. The van der Waals surface area contributed by atoms with Crippen molar-refractivity contribution in [2.75, 3.05) is 32.8 Å². The fraction of sp³-hybridized carbons (Fsp3) is 0.571. The van der Waals surface area contributed by atoms with Crippen molar-refractivity contribution >= 4 is 48.0 Å². The van der Waals surface area contributed by atoms with Crippen LogP contribution in [0.2, 0.25) is 15.9 Å². The molecule has 0 aliphatic carbocycles. The van der Waals surface area contributed by atoms with Crippen LogP contribution in [-0.4, -0.2) is 62.5 Å². The molecule has 1 atom stereocenters. The van der Waals surface area contributed by atoms with Crippen molar-refractivity contribution in [3.63, 3.8) is 0 Å². The molecule has 1 aliphatic heterocycles. The lowest BCUT2D eigenvalue weighted by atomic mass is 9.65. The topological polar surface area (TPSA) is 84.9 Å². The minimum atomic E-state index is -0.782. The number of carbonyl (C=O) groups excluding carboxylic acids is 3. The number of halogens is 2. The highest BCUT2D eigenvalue weighted by atomic mass is 35.5. The van der Waals surface area contributed by atoms with Gasteiger partial charge < -0.3 is 14.6 Å². The van der Waals surface area contributed by atoms with E-state index in [1.54, 1.807) is 6.07 Å². The minimum absolute atomic E-state index is 0.122. The van der Waals surface area contributed by atoms with Gasteiger partial charge in [0.1, 0.15) is 0 Å². The lowest BCUT2D eigenvalue weighted by Crippen LogP contribution is -2.44. The largest absolute Gasteiger partial charge is 0.531 e. The molecule has 1 heterocycles. The summed E-state index contributed by atoms with van der Waals surface area (Å²) in [7, 11) is -0.782. The number of benzene rings is 1. The molecular formula is C21H29BCl2N2O5. The molecule has 1 saturated heterocycles. The predicted octanol–water partition coefficient (Wildman–Crippen LogP) is 3.48. The van der Waals surface area contributed by atoms with Gasteiger partial charge in [0, 0.05) is 30.4 Å². The third-order valence-corrected chi connectivity index (χ3v) is 5.57. The van der Waals surface area contributed by atoms with E-state index in [0.717, 1.165) is 6.54 Å². The molecule has 0 unspecified atom stereocenters. The van der Waals surface area contributed by atoms with E-state index in [1.807, 2.05) is 25.7 Å². The number of hydrogen-bond donors (Lipinski definition) is 1. The van der Waals surface area contributed by atoms with Gasteiger partial charge in [-0.15, -0.1) is 0 Å². The first kappa shape index (κ1) is 25.7. The maximum Gasteiger partial charge on any atom is 0.531 e. The molecule has 1 N–H and O–H groups in total. The number of ketones is 1. The Kier molecular flexibility index (Phi) is 10.3. The summed E-state index contributed by atoms with van der Waals surface area (Å²) < 4.78 is 11.4. The second-order valence-corrected chi connectivity index (χ2v) is 8.88. The summed E-state index contributed by atoms with van der Waals surface area (Å²) in [6.45, 7) is 7.84. The Morgan fingerprint density at radius 1 is 1.29 bits per heavy atom. The lowest BCUT2D eigenvalue weighted by molar-refractivity contribution is -0.139. The van der Waals surface area contributed by atoms with Crippen molar-refractivity contribution in [1.29, 1.82) is 0 Å². The molecule has 0 radical (unpaired) electrons. The number of rotatable bonds is 9. The standard InChI is InChI=1S/C21H29BCl2N2O5/c1-4-26-7-8-30-22(31-20(28)13-26)15(9-14(2)3)10-17(27)12-25-21(29)18-11-16(23)5-6-19(18)24/h5-6,11,14-15H,4,7-10,12-13H2,1-3H3,(H,25,29)/t15-/m1/s1. The van der Waals surface area contributed by atoms with Crippen LogP contribution in [0, 0.1) is 5.92 Å². The Bertz CT molecular complexity index is 793. The highest BCUT2D eigenvalue weighted by Crippen LogP contribution is 2.27. The SMILES string of the molecule is CCN1CCOB([C@@H](CC(=O)CNC(=O)c2cc(Cl)ccc2Cl)CC(C)C)OC(=O)C1. The van der Waals surface area contributed by atoms with E-state index in [-0.39, 0.29) is 53.6 Å². The van der Waals surface area contributed by atoms with Gasteiger partial charge >= 0.3 is 13.1 Å². The van der Waals surface area contributed by atoms with E-state index in [4.69, 9.17) is 32.5 Å². The van der Waals surface area contributed by atoms with Gasteiger partial charge in [-0.1, -0.05) is 44.0 Å². The fourth-order valence-corrected chi connectivity index (χ4v) is 3.84. The highest BCUT2D eigenvalue weighted by molar-refractivity contribution is 6.49. The summed E-state index contributed by atoms with van der Waals surface area (Å²) in [6.07, 6.45) is 0.770. The summed E-state index contributed by atoms with van der Waals surface area (Å²) in [5.41, 5.74) is 0.207. The maximum absolute atomic E-state index is 12.6. The number of nitrogens with zero attached hydrogens (tertiary/aromatic N) is 1. The van der Waals surface area contributed by atoms with Gasteiger partial charge in [0.25, 0.3) is 5.91 Å². The lowest BCUT2D eigenvalue weighted by Gasteiger charge is -2.29. The van der Waals surface area contributed by atoms with E-state index < -0.39 is 13.0 Å². The number of hydrogen-bond acceptors (Lipinski definition) is 6. The van der Waals surface area contributed by atoms with Crippen LogP contribution < -0.4 is 5.32 Å². The zero-order valence-electron chi connectivity index (χ0n) is 18.2. The zero-order valence-corrected chi connectivity index (χ0v) is 19.7. The Hall–Kier alpha value is -1.61. The van der Waals surface area contributed by atoms with E-state index in [1.165, 1.54) is 12.1 Å². The van der Waals surface area contributed by atoms with Crippen molar-refractivity contribution in [2.45, 2.75) is 39.4 Å². The molecule has 170 valence electrons. The summed E-state index contributed by atoms with van der Waals surface area (Å²) in [6, 6.07) is 4.56. The normalized spacial score (nSPS) is 16.5. The number of likely N-dealkylation sites (N-methyl/N-ethyl adjacent to an activating group) is 1. The van der Waals surface area contributed by atoms with Crippen molar-refractivity contribution < 1.29 is 23.7 Å². The second kappa shape index (κ2) is 12.4. The average molecular weight is 471 g/mol. The molecule has 1 aliphatic rings. The van der Waals surface area contributed by atoms with Crippen molar-refractivity contribution in [2.24, 2.45) is 5.92 Å². The first-order valence-electron chi connectivity index (χ1n) is 10.5. The Balaban J connectivity index is 1.98. The Morgan fingerprint density at radius 3 is 2.71 bits per heavy atom. The Morgan fingerprint density at radius 2 is 2.03 bits per heavy atom. The van der Waals surface area contributed by atoms with Gasteiger partial charge in [-0.05, 0) is 37.1 Å². The zero-order chi connectivity index (χ0) is 23.0. The monoisotopic (exact) mass is 470 g/mol. The van der Waals surface area contributed by atoms with Crippen LogP contribution in [0.5, 0.6) is 0 Å². The molecule has 1 fully saturated rings. The van der Waals surface area contributed by atoms with E-state index in [9.17, 15) is 14.4 Å². The molecule has 2 rings (SSSR count). The summed E-state index contributed by atoms with van der Waals surface area (Å²) in [5.74, 6) is -1.05. The van der Waals surface area contributed by atoms with Crippen LogP contribution >= 0.6 is 23.2 Å². The summed E-state index contributed by atoms with van der Waals surface area (Å²) in [4.78, 5) is 39.1. The van der Waals surface area contributed by atoms with Crippen molar-refractivity contribution in [3.8, 4) is 0 Å². The molecule has 0 spiro atoms. The second-order valence-electron chi connectivity index (χ2n) is 8.04. The van der Waals surface area contributed by atoms with Crippen molar-refractivity contribution in [3.05, 3.63) is 33.8 Å². The molecule has 1 amide bonds. The molecule has 31 heavy (non-hydrogen) atoms. The molecule has 7 nitrogen and oxygen atoms in total. The van der Waals surface area contributed by atoms with Crippen LogP contribution in [0.15, 0.2) is 18.2 Å². The molecule has 1 aromatic rings. The van der Waals surface area contributed by atoms with Gasteiger partial charge in [-0.2, -0.15) is 0 Å². The molecule has 10 heteroatoms. The number of amides is 1.